The molecule has 3 rings (SSSR count). The molecule has 0 aromatic heterocycles. The topological polar surface area (TPSA) is 34.1 Å². The van der Waals surface area contributed by atoms with E-state index in [9.17, 15) is 9.59 Å². The summed E-state index contributed by atoms with van der Waals surface area (Å²) in [7, 11) is 0. The van der Waals surface area contributed by atoms with Crippen LogP contribution in [0.15, 0.2) is 18.2 Å². The van der Waals surface area contributed by atoms with Crippen LogP contribution in [0, 0.1) is 25.7 Å². The maximum atomic E-state index is 12.6. The molecule has 0 saturated heterocycles. The van der Waals surface area contributed by atoms with Gasteiger partial charge in [-0.3, -0.25) is 9.59 Å². The highest BCUT2D eigenvalue weighted by Gasteiger charge is 2.50. The van der Waals surface area contributed by atoms with Gasteiger partial charge >= 0.3 is 0 Å². The largest absolute Gasteiger partial charge is 0.298 e. The van der Waals surface area contributed by atoms with E-state index in [1.807, 2.05) is 32.0 Å². The first-order valence-corrected chi connectivity index (χ1v) is 7.24. The van der Waals surface area contributed by atoms with Crippen molar-refractivity contribution in [2.75, 3.05) is 0 Å². The van der Waals surface area contributed by atoms with E-state index < -0.39 is 5.92 Å². The first-order valence-electron chi connectivity index (χ1n) is 7.24. The molecular weight excluding hydrogens is 236 g/mol. The van der Waals surface area contributed by atoms with Gasteiger partial charge in [-0.25, -0.2) is 0 Å². The van der Waals surface area contributed by atoms with Gasteiger partial charge < -0.3 is 0 Å². The van der Waals surface area contributed by atoms with Gasteiger partial charge in [-0.1, -0.05) is 36.6 Å². The molecule has 2 aliphatic carbocycles. The van der Waals surface area contributed by atoms with Crippen LogP contribution in [0.2, 0.25) is 0 Å². The lowest BCUT2D eigenvalue weighted by molar-refractivity contribution is -0.125. The number of hydrogen-bond acceptors (Lipinski definition) is 2. The minimum atomic E-state index is -0.479. The Hall–Kier alpha value is -1.44. The highest BCUT2D eigenvalue weighted by Crippen LogP contribution is 2.44. The van der Waals surface area contributed by atoms with E-state index in [0.29, 0.717) is 0 Å². The average Bonchev–Trinajstić information content (AvgIpc) is 2.66. The summed E-state index contributed by atoms with van der Waals surface area (Å²) in [5.41, 5.74) is 3.14. The number of rotatable bonds is 1. The van der Waals surface area contributed by atoms with Gasteiger partial charge in [0.25, 0.3) is 0 Å². The van der Waals surface area contributed by atoms with Crippen molar-refractivity contribution in [3.05, 3.63) is 34.9 Å². The fraction of sp³-hybridized carbons (Fsp3) is 0.529. The van der Waals surface area contributed by atoms with Crippen molar-refractivity contribution in [1.82, 2.24) is 0 Å². The Bertz CT molecular complexity index is 520. The van der Waals surface area contributed by atoms with E-state index in [1.165, 1.54) is 0 Å². The molecule has 0 heterocycles. The van der Waals surface area contributed by atoms with Crippen LogP contribution in [-0.2, 0) is 9.59 Å². The number of carbonyl (C=O) groups excluding carboxylic acids is 2. The van der Waals surface area contributed by atoms with Gasteiger partial charge in [0.05, 0.1) is 0 Å². The summed E-state index contributed by atoms with van der Waals surface area (Å²) >= 11 is 0. The number of ketones is 2. The molecule has 0 N–H and O–H groups in total. The SMILES string of the molecule is Cc1ccc(C)c(C2C(=O)C3CCCCC3C2=O)c1. The Morgan fingerprint density at radius 3 is 2.11 bits per heavy atom. The van der Waals surface area contributed by atoms with E-state index in [2.05, 4.69) is 0 Å². The van der Waals surface area contributed by atoms with Crippen molar-refractivity contribution in [2.45, 2.75) is 45.4 Å². The molecule has 1 aromatic rings. The summed E-state index contributed by atoms with van der Waals surface area (Å²) in [5.74, 6) is -0.0999. The van der Waals surface area contributed by atoms with Crippen LogP contribution in [0.1, 0.15) is 48.3 Å². The number of fused-ring (bicyclic) bond motifs is 1. The highest BCUT2D eigenvalue weighted by atomic mass is 16.2. The van der Waals surface area contributed by atoms with Gasteiger partial charge in [0.1, 0.15) is 5.92 Å². The van der Waals surface area contributed by atoms with Gasteiger partial charge in [-0.2, -0.15) is 0 Å². The zero-order chi connectivity index (χ0) is 13.6. The van der Waals surface area contributed by atoms with E-state index in [-0.39, 0.29) is 23.4 Å². The first-order chi connectivity index (χ1) is 9.09. The monoisotopic (exact) mass is 256 g/mol. The van der Waals surface area contributed by atoms with Crippen molar-refractivity contribution in [3.63, 3.8) is 0 Å². The third kappa shape index (κ3) is 1.94. The van der Waals surface area contributed by atoms with E-state index in [1.54, 1.807) is 0 Å². The summed E-state index contributed by atoms with van der Waals surface area (Å²) in [6.45, 7) is 4.01. The minimum Gasteiger partial charge on any atom is -0.298 e. The second-order valence-corrected chi connectivity index (χ2v) is 6.10. The molecule has 2 unspecified atom stereocenters. The van der Waals surface area contributed by atoms with Crippen LogP contribution in [0.3, 0.4) is 0 Å². The van der Waals surface area contributed by atoms with E-state index in [0.717, 1.165) is 42.4 Å². The molecule has 0 bridgehead atoms. The van der Waals surface area contributed by atoms with Gasteiger partial charge in [-0.05, 0) is 37.8 Å². The molecule has 0 amide bonds. The number of Topliss-reactive ketones (excluding diaryl/α,β-unsaturated/α-hetero) is 2. The number of benzene rings is 1. The Balaban J connectivity index is 2.03. The number of carbonyl (C=O) groups is 2. The lowest BCUT2D eigenvalue weighted by Gasteiger charge is -2.21. The number of aryl methyl sites for hydroxylation is 2. The zero-order valence-electron chi connectivity index (χ0n) is 11.6. The molecule has 2 fully saturated rings. The van der Waals surface area contributed by atoms with Crippen LogP contribution in [0.4, 0.5) is 0 Å². The summed E-state index contributed by atoms with van der Waals surface area (Å²) in [5, 5.41) is 0. The van der Waals surface area contributed by atoms with Gasteiger partial charge in [-0.15, -0.1) is 0 Å². The second kappa shape index (κ2) is 4.59. The van der Waals surface area contributed by atoms with Crippen LogP contribution in [0.25, 0.3) is 0 Å². The molecule has 19 heavy (non-hydrogen) atoms. The van der Waals surface area contributed by atoms with Crippen molar-refractivity contribution in [2.24, 2.45) is 11.8 Å². The maximum absolute atomic E-state index is 12.6. The molecule has 2 saturated carbocycles. The zero-order valence-corrected chi connectivity index (χ0v) is 11.6. The highest BCUT2D eigenvalue weighted by molar-refractivity contribution is 6.16. The number of hydrogen-bond donors (Lipinski definition) is 0. The fourth-order valence-electron chi connectivity index (χ4n) is 3.76. The molecular formula is C17H20O2. The molecule has 2 nitrogen and oxygen atoms in total. The van der Waals surface area contributed by atoms with Crippen molar-refractivity contribution >= 4 is 11.6 Å². The molecule has 1 aromatic carbocycles. The van der Waals surface area contributed by atoms with Crippen LogP contribution < -0.4 is 0 Å². The standard InChI is InChI=1S/C17H20O2/c1-10-7-8-11(2)14(9-10)15-16(18)12-5-3-4-6-13(12)17(15)19/h7-9,12-13,15H,3-6H2,1-2H3. The second-order valence-electron chi connectivity index (χ2n) is 6.10. The predicted molar refractivity (Wildman–Crippen MR) is 74.1 cm³/mol. The van der Waals surface area contributed by atoms with Crippen LogP contribution >= 0.6 is 0 Å². The molecule has 0 aliphatic heterocycles. The molecule has 2 aliphatic rings. The fourth-order valence-corrected chi connectivity index (χ4v) is 3.76. The molecule has 2 heteroatoms. The minimum absolute atomic E-state index is 0.00571. The van der Waals surface area contributed by atoms with E-state index >= 15 is 0 Å². The lowest BCUT2D eigenvalue weighted by Crippen LogP contribution is -2.21. The average molecular weight is 256 g/mol. The van der Waals surface area contributed by atoms with Gasteiger partial charge in [0.2, 0.25) is 0 Å². The maximum Gasteiger partial charge on any atom is 0.151 e. The van der Waals surface area contributed by atoms with E-state index in [4.69, 9.17) is 0 Å². The molecule has 2 atom stereocenters. The normalized spacial score (nSPS) is 30.5. The summed E-state index contributed by atoms with van der Waals surface area (Å²) in [6, 6.07) is 6.08. The third-order valence-corrected chi connectivity index (χ3v) is 4.81. The first kappa shape index (κ1) is 12.6. The van der Waals surface area contributed by atoms with Crippen molar-refractivity contribution < 1.29 is 9.59 Å². The summed E-state index contributed by atoms with van der Waals surface area (Å²) < 4.78 is 0. The Morgan fingerprint density at radius 2 is 1.53 bits per heavy atom. The van der Waals surface area contributed by atoms with Crippen molar-refractivity contribution in [3.8, 4) is 0 Å². The van der Waals surface area contributed by atoms with Crippen molar-refractivity contribution in [1.29, 1.82) is 0 Å². The smallest absolute Gasteiger partial charge is 0.151 e. The van der Waals surface area contributed by atoms with Crippen LogP contribution in [0.5, 0.6) is 0 Å². The van der Waals surface area contributed by atoms with Crippen LogP contribution in [-0.4, -0.2) is 11.6 Å². The summed E-state index contributed by atoms with van der Waals surface area (Å²) in [4.78, 5) is 25.2. The van der Waals surface area contributed by atoms with Gasteiger partial charge in [0, 0.05) is 11.8 Å². The Kier molecular flexibility index (Phi) is 3.04. The Labute approximate surface area is 114 Å². The molecule has 0 radical (unpaired) electrons. The molecule has 100 valence electrons. The van der Waals surface area contributed by atoms with Gasteiger partial charge in [0.15, 0.2) is 11.6 Å². The summed E-state index contributed by atoms with van der Waals surface area (Å²) in [6.07, 6.45) is 4.02. The Morgan fingerprint density at radius 1 is 0.947 bits per heavy atom. The quantitative estimate of drug-likeness (QED) is 0.722. The lowest BCUT2D eigenvalue weighted by atomic mass is 9.81. The molecule has 0 spiro atoms. The predicted octanol–water partition coefficient (Wildman–Crippen LogP) is 3.35. The third-order valence-electron chi connectivity index (χ3n) is 4.81.